The Morgan fingerprint density at radius 3 is 2.53 bits per heavy atom. The molecule has 8 heteroatoms. The number of ether oxygens (including phenoxy) is 1. The number of carbonyl (C=O) groups is 2. The number of rotatable bonds is 4. The summed E-state index contributed by atoms with van der Waals surface area (Å²) in [6, 6.07) is -0.628. The first-order valence-electron chi connectivity index (χ1n) is 5.99. The lowest BCUT2D eigenvalue weighted by Crippen LogP contribution is -2.56. The van der Waals surface area contributed by atoms with Crippen LogP contribution >= 0.6 is 0 Å². The van der Waals surface area contributed by atoms with Crippen LogP contribution in [0.2, 0.25) is 0 Å². The number of piperazine rings is 1. The number of halogens is 3. The predicted octanol–water partition coefficient (Wildman–Crippen LogP) is 0.645. The maximum atomic E-state index is 12.2. The van der Waals surface area contributed by atoms with Gasteiger partial charge in [-0.15, -0.1) is 0 Å². The molecule has 0 aromatic carbocycles. The standard InChI is InChI=1S/C11H17F3N2O3/c1-3-19-10(18)8(2)15-4-5-16(9(17)6-15)7-11(12,13)14/h8H,3-7H2,1-2H3/t8-/m1/s1. The molecule has 0 radical (unpaired) electrons. The van der Waals surface area contributed by atoms with Crippen LogP contribution in [0.5, 0.6) is 0 Å². The zero-order chi connectivity index (χ0) is 14.6. The summed E-state index contributed by atoms with van der Waals surface area (Å²) in [6.07, 6.45) is -4.40. The van der Waals surface area contributed by atoms with Gasteiger partial charge in [0.1, 0.15) is 12.6 Å². The van der Waals surface area contributed by atoms with Gasteiger partial charge in [-0.3, -0.25) is 14.5 Å². The van der Waals surface area contributed by atoms with Gasteiger partial charge in [-0.2, -0.15) is 13.2 Å². The molecule has 1 fully saturated rings. The molecule has 0 aliphatic carbocycles. The first kappa shape index (κ1) is 15.7. The van der Waals surface area contributed by atoms with Crippen molar-refractivity contribution >= 4 is 11.9 Å². The number of amides is 1. The van der Waals surface area contributed by atoms with Crippen molar-refractivity contribution in [3.8, 4) is 0 Å². The van der Waals surface area contributed by atoms with E-state index in [1.165, 1.54) is 4.90 Å². The van der Waals surface area contributed by atoms with Gasteiger partial charge in [0.05, 0.1) is 13.2 Å². The van der Waals surface area contributed by atoms with E-state index in [4.69, 9.17) is 4.74 Å². The van der Waals surface area contributed by atoms with Crippen molar-refractivity contribution in [1.82, 2.24) is 9.80 Å². The maximum absolute atomic E-state index is 12.2. The van der Waals surface area contributed by atoms with Gasteiger partial charge in [-0.25, -0.2) is 0 Å². The van der Waals surface area contributed by atoms with Crippen molar-refractivity contribution in [2.24, 2.45) is 0 Å². The Hall–Kier alpha value is -1.31. The van der Waals surface area contributed by atoms with E-state index in [0.29, 0.717) is 0 Å². The zero-order valence-corrected chi connectivity index (χ0v) is 10.9. The van der Waals surface area contributed by atoms with Crippen molar-refractivity contribution in [1.29, 1.82) is 0 Å². The lowest BCUT2D eigenvalue weighted by Gasteiger charge is -2.36. The lowest BCUT2D eigenvalue weighted by atomic mass is 10.2. The summed E-state index contributed by atoms with van der Waals surface area (Å²) < 4.78 is 41.5. The molecule has 1 aliphatic heterocycles. The van der Waals surface area contributed by atoms with Crippen LogP contribution in [0.1, 0.15) is 13.8 Å². The summed E-state index contributed by atoms with van der Waals surface area (Å²) in [4.78, 5) is 25.4. The van der Waals surface area contributed by atoms with Gasteiger partial charge in [-0.05, 0) is 13.8 Å². The number of hydrogen-bond acceptors (Lipinski definition) is 4. The summed E-state index contributed by atoms with van der Waals surface area (Å²) in [5.41, 5.74) is 0. The van der Waals surface area contributed by atoms with Crippen molar-refractivity contribution in [3.05, 3.63) is 0 Å². The van der Waals surface area contributed by atoms with Crippen LogP contribution in [0, 0.1) is 0 Å². The molecule has 110 valence electrons. The highest BCUT2D eigenvalue weighted by Crippen LogP contribution is 2.18. The Kier molecular flexibility index (Phi) is 5.16. The van der Waals surface area contributed by atoms with E-state index in [0.717, 1.165) is 4.90 Å². The largest absolute Gasteiger partial charge is 0.465 e. The second-order valence-corrected chi connectivity index (χ2v) is 4.33. The monoisotopic (exact) mass is 282 g/mol. The van der Waals surface area contributed by atoms with Crippen LogP contribution in [0.25, 0.3) is 0 Å². The van der Waals surface area contributed by atoms with Crippen LogP contribution in [0.15, 0.2) is 0 Å². The molecule has 1 heterocycles. The zero-order valence-electron chi connectivity index (χ0n) is 10.9. The van der Waals surface area contributed by atoms with Crippen molar-refractivity contribution in [3.63, 3.8) is 0 Å². The lowest BCUT2D eigenvalue weighted by molar-refractivity contribution is -0.168. The molecule has 0 aromatic heterocycles. The van der Waals surface area contributed by atoms with Crippen LogP contribution < -0.4 is 0 Å². The fraction of sp³-hybridized carbons (Fsp3) is 0.818. The molecular formula is C11H17F3N2O3. The van der Waals surface area contributed by atoms with Crippen molar-refractivity contribution in [2.45, 2.75) is 26.1 Å². The topological polar surface area (TPSA) is 49.9 Å². The molecule has 5 nitrogen and oxygen atoms in total. The molecule has 0 saturated carbocycles. The Morgan fingerprint density at radius 1 is 1.42 bits per heavy atom. The highest BCUT2D eigenvalue weighted by Gasteiger charge is 2.37. The summed E-state index contributed by atoms with van der Waals surface area (Å²) in [5, 5.41) is 0. The maximum Gasteiger partial charge on any atom is 0.406 e. The average Bonchev–Trinajstić information content (AvgIpc) is 2.29. The molecule has 1 atom stereocenters. The van der Waals surface area contributed by atoms with Crippen LogP contribution in [0.4, 0.5) is 13.2 Å². The third-order valence-corrected chi connectivity index (χ3v) is 2.89. The fourth-order valence-electron chi connectivity index (χ4n) is 1.85. The van der Waals surface area contributed by atoms with Crippen molar-refractivity contribution < 1.29 is 27.5 Å². The molecule has 0 unspecified atom stereocenters. The highest BCUT2D eigenvalue weighted by atomic mass is 19.4. The molecule has 0 bridgehead atoms. The summed E-state index contributed by atoms with van der Waals surface area (Å²) in [7, 11) is 0. The van der Waals surface area contributed by atoms with Gasteiger partial charge in [0.25, 0.3) is 0 Å². The van der Waals surface area contributed by atoms with Gasteiger partial charge in [0.15, 0.2) is 0 Å². The summed E-state index contributed by atoms with van der Waals surface area (Å²) >= 11 is 0. The number of hydrogen-bond donors (Lipinski definition) is 0. The summed E-state index contributed by atoms with van der Waals surface area (Å²) in [5.74, 6) is -1.10. The van der Waals surface area contributed by atoms with Crippen molar-refractivity contribution in [2.75, 3.05) is 32.8 Å². The molecule has 1 amide bonds. The van der Waals surface area contributed by atoms with Crippen LogP contribution in [-0.2, 0) is 14.3 Å². The molecule has 1 rings (SSSR count). The van der Waals surface area contributed by atoms with Gasteiger partial charge in [0, 0.05) is 13.1 Å². The van der Waals surface area contributed by atoms with E-state index in [2.05, 4.69) is 0 Å². The molecule has 19 heavy (non-hydrogen) atoms. The minimum atomic E-state index is -4.40. The highest BCUT2D eigenvalue weighted by molar-refractivity contribution is 5.81. The molecule has 0 N–H and O–H groups in total. The average molecular weight is 282 g/mol. The van der Waals surface area contributed by atoms with Gasteiger partial charge < -0.3 is 9.64 Å². The minimum Gasteiger partial charge on any atom is -0.465 e. The first-order valence-corrected chi connectivity index (χ1v) is 5.99. The SMILES string of the molecule is CCOC(=O)[C@@H](C)N1CCN(CC(F)(F)F)C(=O)C1. The third-order valence-electron chi connectivity index (χ3n) is 2.89. The second kappa shape index (κ2) is 6.23. The van der Waals surface area contributed by atoms with E-state index in [-0.39, 0.29) is 26.2 Å². The Bertz CT molecular complexity index is 347. The number of nitrogens with zero attached hydrogens (tertiary/aromatic N) is 2. The molecule has 1 aliphatic rings. The first-order chi connectivity index (χ1) is 8.74. The van der Waals surface area contributed by atoms with E-state index < -0.39 is 30.6 Å². The van der Waals surface area contributed by atoms with E-state index >= 15 is 0 Å². The second-order valence-electron chi connectivity index (χ2n) is 4.33. The quantitative estimate of drug-likeness (QED) is 0.710. The number of esters is 1. The molecule has 1 saturated heterocycles. The predicted molar refractivity (Wildman–Crippen MR) is 60.3 cm³/mol. The van der Waals surface area contributed by atoms with E-state index in [1.807, 2.05) is 0 Å². The fourth-order valence-corrected chi connectivity index (χ4v) is 1.85. The Morgan fingerprint density at radius 2 is 2.05 bits per heavy atom. The Balaban J connectivity index is 2.54. The smallest absolute Gasteiger partial charge is 0.406 e. The van der Waals surface area contributed by atoms with Gasteiger partial charge in [-0.1, -0.05) is 0 Å². The Labute approximate surface area is 109 Å². The molecule has 0 aromatic rings. The summed E-state index contributed by atoms with van der Waals surface area (Å²) in [6.45, 7) is 2.21. The van der Waals surface area contributed by atoms with Crippen LogP contribution in [-0.4, -0.2) is 66.7 Å². The van der Waals surface area contributed by atoms with Gasteiger partial charge in [0.2, 0.25) is 5.91 Å². The molecule has 0 spiro atoms. The third kappa shape index (κ3) is 4.70. The number of carbonyl (C=O) groups excluding carboxylic acids is 2. The number of alkyl halides is 3. The normalized spacial score (nSPS) is 19.4. The minimum absolute atomic E-state index is 0.0396. The van der Waals surface area contributed by atoms with Gasteiger partial charge >= 0.3 is 12.1 Å². The van der Waals surface area contributed by atoms with E-state index in [1.54, 1.807) is 13.8 Å². The molecular weight excluding hydrogens is 265 g/mol. The van der Waals surface area contributed by atoms with E-state index in [9.17, 15) is 22.8 Å². The van der Waals surface area contributed by atoms with Crippen LogP contribution in [0.3, 0.4) is 0 Å².